The molecule has 2 heterocycles. The zero-order valence-electron chi connectivity index (χ0n) is 18.3. The Hall–Kier alpha value is -2.61. The SMILES string of the molecule is Cc1cc(C(=O)NC2CCC(N(C)c3cc(C(F)(F)F)nc4ccccc34)CC2)sc1C. The van der Waals surface area contributed by atoms with Gasteiger partial charge in [0, 0.05) is 35.1 Å². The van der Waals surface area contributed by atoms with Crippen molar-refractivity contribution in [3.63, 3.8) is 0 Å². The van der Waals surface area contributed by atoms with Crippen molar-refractivity contribution in [2.24, 2.45) is 0 Å². The highest BCUT2D eigenvalue weighted by atomic mass is 32.1. The van der Waals surface area contributed by atoms with Crippen LogP contribution in [-0.4, -0.2) is 30.0 Å². The van der Waals surface area contributed by atoms with Gasteiger partial charge in [-0.1, -0.05) is 18.2 Å². The van der Waals surface area contributed by atoms with E-state index in [1.807, 2.05) is 44.0 Å². The van der Waals surface area contributed by atoms with Crippen LogP contribution in [-0.2, 0) is 6.18 Å². The third kappa shape index (κ3) is 4.60. The molecule has 1 amide bonds. The van der Waals surface area contributed by atoms with Gasteiger partial charge in [-0.25, -0.2) is 4.98 Å². The lowest BCUT2D eigenvalue weighted by Gasteiger charge is -2.36. The number of para-hydroxylation sites is 1. The summed E-state index contributed by atoms with van der Waals surface area (Å²) in [4.78, 5) is 20.2. The number of amides is 1. The van der Waals surface area contributed by atoms with Crippen molar-refractivity contribution >= 4 is 33.8 Å². The summed E-state index contributed by atoms with van der Waals surface area (Å²) >= 11 is 1.50. The number of alkyl halides is 3. The molecule has 170 valence electrons. The first-order valence-corrected chi connectivity index (χ1v) is 11.5. The maximum Gasteiger partial charge on any atom is 0.433 e. The van der Waals surface area contributed by atoms with Gasteiger partial charge in [-0.3, -0.25) is 4.79 Å². The predicted octanol–water partition coefficient (Wildman–Crippen LogP) is 6.11. The topological polar surface area (TPSA) is 45.2 Å². The minimum atomic E-state index is -4.50. The molecular weight excluding hydrogens is 435 g/mol. The molecule has 1 N–H and O–H groups in total. The van der Waals surface area contributed by atoms with Gasteiger partial charge in [0.2, 0.25) is 0 Å². The van der Waals surface area contributed by atoms with E-state index in [0.29, 0.717) is 16.6 Å². The number of anilines is 1. The lowest BCUT2D eigenvalue weighted by atomic mass is 9.89. The number of fused-ring (bicyclic) bond motifs is 1. The van der Waals surface area contributed by atoms with E-state index >= 15 is 0 Å². The molecule has 0 spiro atoms. The van der Waals surface area contributed by atoms with Crippen LogP contribution in [0.15, 0.2) is 36.4 Å². The van der Waals surface area contributed by atoms with E-state index in [1.165, 1.54) is 11.3 Å². The number of thiophene rings is 1. The number of pyridine rings is 1. The summed E-state index contributed by atoms with van der Waals surface area (Å²) in [5.74, 6) is -0.0436. The summed E-state index contributed by atoms with van der Waals surface area (Å²) in [6.07, 6.45) is -1.33. The second-order valence-electron chi connectivity index (χ2n) is 8.48. The Bertz CT molecular complexity index is 1110. The van der Waals surface area contributed by atoms with Gasteiger partial charge in [0.1, 0.15) is 5.69 Å². The Morgan fingerprint density at radius 1 is 1.12 bits per heavy atom. The van der Waals surface area contributed by atoms with Crippen molar-refractivity contribution in [2.45, 2.75) is 57.8 Å². The van der Waals surface area contributed by atoms with E-state index in [-0.39, 0.29) is 18.0 Å². The zero-order valence-corrected chi connectivity index (χ0v) is 19.1. The minimum Gasteiger partial charge on any atom is -0.371 e. The van der Waals surface area contributed by atoms with Gasteiger partial charge >= 0.3 is 6.18 Å². The van der Waals surface area contributed by atoms with Crippen LogP contribution in [0.25, 0.3) is 10.9 Å². The number of rotatable bonds is 4. The zero-order chi connectivity index (χ0) is 23.0. The van der Waals surface area contributed by atoms with Gasteiger partial charge in [-0.2, -0.15) is 13.2 Å². The maximum atomic E-state index is 13.4. The molecule has 32 heavy (non-hydrogen) atoms. The minimum absolute atomic E-state index is 0.0436. The highest BCUT2D eigenvalue weighted by molar-refractivity contribution is 7.14. The van der Waals surface area contributed by atoms with Crippen LogP contribution in [0.3, 0.4) is 0 Å². The van der Waals surface area contributed by atoms with Gasteiger partial charge < -0.3 is 10.2 Å². The molecule has 0 saturated heterocycles. The summed E-state index contributed by atoms with van der Waals surface area (Å²) < 4.78 is 40.3. The van der Waals surface area contributed by atoms with Crippen LogP contribution in [0, 0.1) is 13.8 Å². The Balaban J connectivity index is 1.47. The molecule has 0 bridgehead atoms. The number of aromatic nitrogens is 1. The van der Waals surface area contributed by atoms with Crippen LogP contribution < -0.4 is 10.2 Å². The van der Waals surface area contributed by atoms with E-state index in [1.54, 1.807) is 12.1 Å². The third-order valence-electron chi connectivity index (χ3n) is 6.33. The number of carbonyl (C=O) groups excluding carboxylic acids is 1. The van der Waals surface area contributed by atoms with Gasteiger partial charge in [-0.15, -0.1) is 11.3 Å². The van der Waals surface area contributed by atoms with Crippen molar-refractivity contribution in [3.8, 4) is 0 Å². The van der Waals surface area contributed by atoms with E-state index < -0.39 is 11.9 Å². The largest absolute Gasteiger partial charge is 0.433 e. The molecule has 2 aromatic heterocycles. The van der Waals surface area contributed by atoms with Crippen LogP contribution in [0.5, 0.6) is 0 Å². The molecule has 0 unspecified atom stereocenters. The van der Waals surface area contributed by atoms with Crippen molar-refractivity contribution < 1.29 is 18.0 Å². The first-order chi connectivity index (χ1) is 15.1. The van der Waals surface area contributed by atoms with Gasteiger partial charge in [0.15, 0.2) is 0 Å². The molecule has 4 nitrogen and oxygen atoms in total. The van der Waals surface area contributed by atoms with E-state index in [4.69, 9.17) is 0 Å². The molecule has 1 aliphatic rings. The number of nitrogens with one attached hydrogen (secondary N) is 1. The number of nitrogens with zero attached hydrogens (tertiary/aromatic N) is 2. The summed E-state index contributed by atoms with van der Waals surface area (Å²) in [5.41, 5.74) is 1.13. The summed E-state index contributed by atoms with van der Waals surface area (Å²) in [5, 5.41) is 3.84. The average Bonchev–Trinajstić information content (AvgIpc) is 3.11. The second-order valence-corrected chi connectivity index (χ2v) is 9.74. The fourth-order valence-corrected chi connectivity index (χ4v) is 5.28. The third-order valence-corrected chi connectivity index (χ3v) is 7.49. The average molecular weight is 462 g/mol. The van der Waals surface area contributed by atoms with Crippen LogP contribution in [0.4, 0.5) is 18.9 Å². The first kappa shape index (κ1) is 22.6. The maximum absolute atomic E-state index is 13.4. The van der Waals surface area contributed by atoms with Crippen LogP contribution in [0.1, 0.15) is 51.5 Å². The number of benzene rings is 1. The Morgan fingerprint density at radius 3 is 2.44 bits per heavy atom. The van der Waals surface area contributed by atoms with E-state index in [0.717, 1.165) is 47.1 Å². The number of halogens is 3. The summed E-state index contributed by atoms with van der Waals surface area (Å²) in [7, 11) is 1.85. The molecule has 1 aromatic carbocycles. The fraction of sp³-hybridized carbons (Fsp3) is 0.417. The smallest absolute Gasteiger partial charge is 0.371 e. The molecular formula is C24H26F3N3OS. The standard InChI is InChI=1S/C24H26F3N3OS/c1-14-12-21(32-15(14)2)23(31)28-16-8-10-17(11-9-16)30(3)20-13-22(24(25,26)27)29-19-7-5-4-6-18(19)20/h4-7,12-13,16-17H,8-11H2,1-3H3,(H,28,31). The van der Waals surface area contributed by atoms with Crippen molar-refractivity contribution in [2.75, 3.05) is 11.9 Å². The molecule has 1 saturated carbocycles. The Labute approximate surface area is 189 Å². The summed E-state index contributed by atoms with van der Waals surface area (Å²) in [6, 6.07) is 10.2. The molecule has 0 aliphatic heterocycles. The normalized spacial score (nSPS) is 19.2. The molecule has 8 heteroatoms. The van der Waals surface area contributed by atoms with Crippen LogP contribution >= 0.6 is 11.3 Å². The number of carbonyl (C=O) groups is 1. The van der Waals surface area contributed by atoms with E-state index in [9.17, 15) is 18.0 Å². The highest BCUT2D eigenvalue weighted by Crippen LogP contribution is 2.36. The molecule has 3 aromatic rings. The van der Waals surface area contributed by atoms with Crippen molar-refractivity contribution in [3.05, 3.63) is 57.4 Å². The predicted molar refractivity (Wildman–Crippen MR) is 122 cm³/mol. The van der Waals surface area contributed by atoms with Crippen molar-refractivity contribution in [1.82, 2.24) is 10.3 Å². The highest BCUT2D eigenvalue weighted by Gasteiger charge is 2.34. The van der Waals surface area contributed by atoms with Gasteiger partial charge in [-0.05, 0) is 63.3 Å². The number of aryl methyl sites for hydroxylation is 2. The number of hydrogen-bond acceptors (Lipinski definition) is 4. The number of hydrogen-bond donors (Lipinski definition) is 1. The monoisotopic (exact) mass is 461 g/mol. The Morgan fingerprint density at radius 2 is 1.81 bits per heavy atom. The Kier molecular flexibility index (Phi) is 6.16. The molecule has 1 aliphatic carbocycles. The molecule has 4 rings (SSSR count). The molecule has 0 atom stereocenters. The summed E-state index contributed by atoms with van der Waals surface area (Å²) in [6.45, 7) is 4.00. The van der Waals surface area contributed by atoms with Gasteiger partial charge in [0.25, 0.3) is 5.91 Å². The lowest BCUT2D eigenvalue weighted by molar-refractivity contribution is -0.140. The van der Waals surface area contributed by atoms with E-state index in [2.05, 4.69) is 10.3 Å². The first-order valence-electron chi connectivity index (χ1n) is 10.7. The fourth-order valence-electron chi connectivity index (χ4n) is 4.34. The van der Waals surface area contributed by atoms with Crippen molar-refractivity contribution in [1.29, 1.82) is 0 Å². The lowest BCUT2D eigenvalue weighted by Crippen LogP contribution is -2.42. The van der Waals surface area contributed by atoms with Gasteiger partial charge in [0.05, 0.1) is 10.4 Å². The molecule has 0 radical (unpaired) electrons. The second kappa shape index (κ2) is 8.73. The molecule has 1 fully saturated rings. The van der Waals surface area contributed by atoms with Crippen LogP contribution in [0.2, 0.25) is 0 Å². The quantitative estimate of drug-likeness (QED) is 0.510.